The fraction of sp³-hybridized carbons (Fsp3) is 0.0769. The monoisotopic (exact) mass is 293 g/mol. The minimum absolute atomic E-state index is 0.0212. The van der Waals surface area contributed by atoms with Gasteiger partial charge in [-0.2, -0.15) is 13.8 Å². The van der Waals surface area contributed by atoms with Crippen LogP contribution in [0.4, 0.5) is 20.2 Å². The van der Waals surface area contributed by atoms with Gasteiger partial charge in [-0.1, -0.05) is 6.07 Å². The Bertz CT molecular complexity index is 735. The molecule has 0 bridgehead atoms. The summed E-state index contributed by atoms with van der Waals surface area (Å²) in [5.41, 5.74) is -0.365. The Morgan fingerprint density at radius 1 is 1.29 bits per heavy atom. The SMILES string of the molecule is Cc1c(C(=O)Nc2ccc(F)nc2F)cccc1[N+](=O)[O-]. The number of nitrogens with zero attached hydrogens (tertiary/aromatic N) is 2. The second kappa shape index (κ2) is 5.61. The Labute approximate surface area is 117 Å². The molecule has 0 aliphatic rings. The van der Waals surface area contributed by atoms with Crippen LogP contribution in [0.5, 0.6) is 0 Å². The number of pyridine rings is 1. The molecule has 0 aliphatic heterocycles. The van der Waals surface area contributed by atoms with Gasteiger partial charge in [-0.15, -0.1) is 0 Å². The van der Waals surface area contributed by atoms with E-state index in [2.05, 4.69) is 10.3 Å². The third kappa shape index (κ3) is 2.99. The molecular formula is C13H9F2N3O3. The van der Waals surface area contributed by atoms with Gasteiger partial charge in [-0.25, -0.2) is 0 Å². The third-order valence-corrected chi connectivity index (χ3v) is 2.81. The van der Waals surface area contributed by atoms with Crippen LogP contribution >= 0.6 is 0 Å². The zero-order valence-corrected chi connectivity index (χ0v) is 10.8. The number of benzene rings is 1. The molecule has 2 aromatic rings. The number of rotatable bonds is 3. The molecular weight excluding hydrogens is 284 g/mol. The van der Waals surface area contributed by atoms with Crippen LogP contribution in [0.25, 0.3) is 0 Å². The van der Waals surface area contributed by atoms with Gasteiger partial charge < -0.3 is 5.32 Å². The summed E-state index contributed by atoms with van der Waals surface area (Å²) in [4.78, 5) is 25.1. The van der Waals surface area contributed by atoms with E-state index in [4.69, 9.17) is 0 Å². The highest BCUT2D eigenvalue weighted by Gasteiger charge is 2.19. The van der Waals surface area contributed by atoms with Gasteiger partial charge >= 0.3 is 0 Å². The normalized spacial score (nSPS) is 10.2. The molecule has 8 heteroatoms. The van der Waals surface area contributed by atoms with Crippen LogP contribution in [-0.2, 0) is 0 Å². The van der Waals surface area contributed by atoms with Gasteiger partial charge in [0.1, 0.15) is 0 Å². The quantitative estimate of drug-likeness (QED) is 0.535. The van der Waals surface area contributed by atoms with Crippen LogP contribution in [0.15, 0.2) is 30.3 Å². The van der Waals surface area contributed by atoms with Gasteiger partial charge in [0.25, 0.3) is 11.6 Å². The summed E-state index contributed by atoms with van der Waals surface area (Å²) in [7, 11) is 0. The number of aromatic nitrogens is 1. The van der Waals surface area contributed by atoms with Crippen molar-refractivity contribution in [2.75, 3.05) is 5.32 Å². The number of nitro groups is 1. The lowest BCUT2D eigenvalue weighted by atomic mass is 10.1. The van der Waals surface area contributed by atoms with Crippen molar-refractivity contribution in [3.8, 4) is 0 Å². The van der Waals surface area contributed by atoms with E-state index >= 15 is 0 Å². The molecule has 1 amide bonds. The number of hydrogen-bond donors (Lipinski definition) is 1. The Kier molecular flexibility index (Phi) is 3.88. The number of carbonyl (C=O) groups is 1. The molecule has 0 aliphatic carbocycles. The molecule has 0 unspecified atom stereocenters. The van der Waals surface area contributed by atoms with Gasteiger partial charge in [0, 0.05) is 17.2 Å². The van der Waals surface area contributed by atoms with E-state index in [1.807, 2.05) is 0 Å². The maximum absolute atomic E-state index is 13.4. The number of carbonyl (C=O) groups excluding carboxylic acids is 1. The number of nitrogens with one attached hydrogen (secondary N) is 1. The summed E-state index contributed by atoms with van der Waals surface area (Å²) in [5.74, 6) is -2.94. The van der Waals surface area contributed by atoms with E-state index in [-0.39, 0.29) is 22.5 Å². The number of amides is 1. The second-order valence-corrected chi connectivity index (χ2v) is 4.13. The van der Waals surface area contributed by atoms with E-state index in [0.717, 1.165) is 12.1 Å². The van der Waals surface area contributed by atoms with Crippen molar-refractivity contribution in [2.45, 2.75) is 6.92 Å². The minimum atomic E-state index is -1.17. The predicted octanol–water partition coefficient (Wildman–Crippen LogP) is 2.83. The zero-order chi connectivity index (χ0) is 15.6. The zero-order valence-electron chi connectivity index (χ0n) is 10.8. The molecule has 0 atom stereocenters. The Morgan fingerprint density at radius 2 is 2.00 bits per heavy atom. The Morgan fingerprint density at radius 3 is 2.62 bits per heavy atom. The highest BCUT2D eigenvalue weighted by atomic mass is 19.1. The molecule has 0 saturated carbocycles. The molecule has 108 valence electrons. The summed E-state index contributed by atoms with van der Waals surface area (Å²) < 4.78 is 26.0. The summed E-state index contributed by atoms with van der Waals surface area (Å²) in [6.07, 6.45) is 0. The molecule has 0 fully saturated rings. The van der Waals surface area contributed by atoms with E-state index in [9.17, 15) is 23.7 Å². The molecule has 1 aromatic heterocycles. The second-order valence-electron chi connectivity index (χ2n) is 4.13. The van der Waals surface area contributed by atoms with Crippen molar-refractivity contribution in [3.05, 3.63) is 63.5 Å². The van der Waals surface area contributed by atoms with E-state index in [0.29, 0.717) is 0 Å². The number of halogens is 2. The van der Waals surface area contributed by atoms with Gasteiger partial charge in [-0.3, -0.25) is 14.9 Å². The Balaban J connectivity index is 2.33. The lowest BCUT2D eigenvalue weighted by Crippen LogP contribution is -2.15. The van der Waals surface area contributed by atoms with E-state index < -0.39 is 22.7 Å². The molecule has 2 rings (SSSR count). The lowest BCUT2D eigenvalue weighted by Gasteiger charge is -2.08. The molecule has 1 heterocycles. The van der Waals surface area contributed by atoms with Crippen LogP contribution in [-0.4, -0.2) is 15.8 Å². The smallest absolute Gasteiger partial charge is 0.273 e. The molecule has 0 spiro atoms. The van der Waals surface area contributed by atoms with Gasteiger partial charge in [0.15, 0.2) is 0 Å². The van der Waals surface area contributed by atoms with Crippen molar-refractivity contribution in [1.29, 1.82) is 0 Å². The van der Waals surface area contributed by atoms with E-state index in [1.54, 1.807) is 0 Å². The van der Waals surface area contributed by atoms with E-state index in [1.165, 1.54) is 25.1 Å². The van der Waals surface area contributed by atoms with Gasteiger partial charge in [-0.05, 0) is 25.1 Å². The first kappa shape index (κ1) is 14.5. The fourth-order valence-corrected chi connectivity index (χ4v) is 1.76. The van der Waals surface area contributed by atoms with Crippen LogP contribution in [0.2, 0.25) is 0 Å². The fourth-order valence-electron chi connectivity index (χ4n) is 1.76. The van der Waals surface area contributed by atoms with Crippen LogP contribution in [0.1, 0.15) is 15.9 Å². The standard InChI is InChI=1S/C13H9F2N3O3/c1-7-8(3-2-4-10(7)18(20)21)13(19)16-9-5-6-11(14)17-12(9)15/h2-6H,1H3,(H,16,19). The maximum Gasteiger partial charge on any atom is 0.273 e. The topological polar surface area (TPSA) is 85.1 Å². The van der Waals surface area contributed by atoms with Crippen molar-refractivity contribution < 1.29 is 18.5 Å². The first-order valence-electron chi connectivity index (χ1n) is 5.77. The van der Waals surface area contributed by atoms with Crippen molar-refractivity contribution in [2.24, 2.45) is 0 Å². The maximum atomic E-state index is 13.4. The average Bonchev–Trinajstić information content (AvgIpc) is 2.41. The summed E-state index contributed by atoms with van der Waals surface area (Å²) in [6, 6.07) is 5.87. The highest BCUT2D eigenvalue weighted by Crippen LogP contribution is 2.22. The number of hydrogen-bond acceptors (Lipinski definition) is 4. The summed E-state index contributed by atoms with van der Waals surface area (Å²) >= 11 is 0. The number of anilines is 1. The largest absolute Gasteiger partial charge is 0.318 e. The molecule has 21 heavy (non-hydrogen) atoms. The molecule has 6 nitrogen and oxygen atoms in total. The highest BCUT2D eigenvalue weighted by molar-refractivity contribution is 6.05. The molecule has 1 aromatic carbocycles. The van der Waals surface area contributed by atoms with Gasteiger partial charge in [0.2, 0.25) is 11.9 Å². The lowest BCUT2D eigenvalue weighted by molar-refractivity contribution is -0.385. The van der Waals surface area contributed by atoms with Crippen molar-refractivity contribution in [3.63, 3.8) is 0 Å². The van der Waals surface area contributed by atoms with Crippen molar-refractivity contribution in [1.82, 2.24) is 4.98 Å². The van der Waals surface area contributed by atoms with Crippen molar-refractivity contribution >= 4 is 17.3 Å². The van der Waals surface area contributed by atoms with Crippen LogP contribution < -0.4 is 5.32 Å². The third-order valence-electron chi connectivity index (χ3n) is 2.81. The molecule has 0 saturated heterocycles. The van der Waals surface area contributed by atoms with Gasteiger partial charge in [0.05, 0.1) is 10.6 Å². The number of nitro benzene ring substituents is 1. The molecule has 0 radical (unpaired) electrons. The summed E-state index contributed by atoms with van der Waals surface area (Å²) in [5, 5.41) is 13.0. The first-order chi connectivity index (χ1) is 9.90. The first-order valence-corrected chi connectivity index (χ1v) is 5.77. The minimum Gasteiger partial charge on any atom is -0.318 e. The van der Waals surface area contributed by atoms with Crippen LogP contribution in [0.3, 0.4) is 0 Å². The predicted molar refractivity (Wildman–Crippen MR) is 69.9 cm³/mol. The Hall–Kier alpha value is -2.90. The average molecular weight is 293 g/mol. The molecule has 1 N–H and O–H groups in total. The van der Waals surface area contributed by atoms with Crippen LogP contribution in [0, 0.1) is 28.9 Å². The summed E-state index contributed by atoms with van der Waals surface area (Å²) in [6.45, 7) is 1.41.